The Kier molecular flexibility index (Phi) is 14.3. The van der Waals surface area contributed by atoms with E-state index >= 15 is 0 Å². The SMILES string of the molecule is CCN1c2ccc(S(=O)(=O)O)cc2C(C)(C)C1/C=C/C=C/C=C1/N(CCCCCC(=O)NCc2c(O)ccc3c(-c4ccc(C(=O)O)cc4C(=O)O)c4ccc(=O)cc-4oc23)c2c(cccc2S(=O)(=O)O)C1(C)C. The Morgan fingerprint density at radius 1 is 0.797 bits per heavy atom. The quantitative estimate of drug-likeness (QED) is 0.0215. The van der Waals surface area contributed by atoms with Gasteiger partial charge in [-0.3, -0.25) is 18.7 Å². The minimum Gasteiger partial charge on any atom is -0.507 e. The van der Waals surface area contributed by atoms with Gasteiger partial charge in [-0.05, 0) is 103 Å². The molecule has 19 heteroatoms. The highest BCUT2D eigenvalue weighted by molar-refractivity contribution is 7.86. The maximum Gasteiger partial charge on any atom is 0.336 e. The molecule has 0 saturated heterocycles. The summed E-state index contributed by atoms with van der Waals surface area (Å²) in [4.78, 5) is 53.8. The number of aromatic hydroxyl groups is 1. The first-order valence-electron chi connectivity index (χ1n) is 23.8. The Labute approximate surface area is 427 Å². The maximum absolute atomic E-state index is 13.4. The number of phenols is 1. The maximum atomic E-state index is 13.4. The molecule has 17 nitrogen and oxygen atoms in total. The Morgan fingerprint density at radius 3 is 2.23 bits per heavy atom. The Hall–Kier alpha value is -7.58. The minimum absolute atomic E-state index is 0.0656. The van der Waals surface area contributed by atoms with Gasteiger partial charge in [0.05, 0.1) is 39.9 Å². The molecule has 1 atom stereocenters. The summed E-state index contributed by atoms with van der Waals surface area (Å²) >= 11 is 0. The molecule has 6 N–H and O–H groups in total. The van der Waals surface area contributed by atoms with Gasteiger partial charge in [0.25, 0.3) is 20.2 Å². The van der Waals surface area contributed by atoms with Gasteiger partial charge < -0.3 is 34.9 Å². The van der Waals surface area contributed by atoms with Gasteiger partial charge in [0, 0.05) is 64.3 Å². The standard InChI is InChI=1S/C55H55N3O14S2/c1-6-57-42-25-21-34(73(66,67)68)30-41(42)55(4,5)46(57)16-9-7-10-17-47-54(2,3)40-14-13-15-45(74(69,70)71)50(40)58(47)27-12-8-11-18-48(61)56-31-39-43(60)26-24-37-49(36-23-20-33(59)29-44(36)72-51(37)39)35-22-19-32(52(62)63)28-38(35)53(64)65/h7,9-10,13-17,19-26,28-30,46,60H,6,8,11-12,18,27,31H2,1-5H3,(H,56,61)(H,62,63)(H,64,65)(H,66,67,68)(H,69,70,71)/b10-7+,16-9+,47-17+. The number of carboxylic acids is 2. The number of nitrogens with zero attached hydrogens (tertiary/aromatic N) is 2. The summed E-state index contributed by atoms with van der Waals surface area (Å²) in [7, 11) is -9.04. The molecule has 4 aromatic carbocycles. The van der Waals surface area contributed by atoms with Crippen molar-refractivity contribution in [3.05, 3.63) is 159 Å². The van der Waals surface area contributed by atoms with Gasteiger partial charge in [0.2, 0.25) is 5.91 Å². The second-order valence-electron chi connectivity index (χ2n) is 19.4. The number of rotatable bonds is 17. The molecule has 0 fully saturated rings. The molecule has 1 aliphatic carbocycles. The van der Waals surface area contributed by atoms with E-state index in [1.807, 2.05) is 76.0 Å². The van der Waals surface area contributed by atoms with Crippen LogP contribution in [0, 0.1) is 0 Å². The summed E-state index contributed by atoms with van der Waals surface area (Å²) in [6, 6.07) is 19.8. The molecule has 4 aromatic rings. The van der Waals surface area contributed by atoms with Crippen LogP contribution in [-0.4, -0.2) is 78.2 Å². The summed E-state index contributed by atoms with van der Waals surface area (Å²) < 4.78 is 75.8. The fourth-order valence-electron chi connectivity index (χ4n) is 10.4. The van der Waals surface area contributed by atoms with Gasteiger partial charge >= 0.3 is 11.9 Å². The lowest BCUT2D eigenvalue weighted by molar-refractivity contribution is -0.121. The third-order valence-corrected chi connectivity index (χ3v) is 15.8. The Bertz CT molecular complexity index is 3630. The average molecular weight is 1050 g/mol. The number of carboxylic acid groups (broad SMARTS) is 2. The number of benzene rings is 5. The van der Waals surface area contributed by atoms with Crippen LogP contribution in [0.1, 0.15) is 97.7 Å². The van der Waals surface area contributed by atoms with E-state index in [1.54, 1.807) is 12.1 Å². The number of amides is 1. The second-order valence-corrected chi connectivity index (χ2v) is 22.2. The largest absolute Gasteiger partial charge is 0.507 e. The third kappa shape index (κ3) is 9.94. The summed E-state index contributed by atoms with van der Waals surface area (Å²) in [5.41, 5.74) is 2.32. The Morgan fingerprint density at radius 2 is 1.54 bits per heavy atom. The first-order valence-corrected chi connectivity index (χ1v) is 26.7. The first-order chi connectivity index (χ1) is 34.9. The van der Waals surface area contributed by atoms with Gasteiger partial charge in [-0.1, -0.05) is 76.6 Å². The van der Waals surface area contributed by atoms with Crippen molar-refractivity contribution in [1.82, 2.24) is 5.32 Å². The van der Waals surface area contributed by atoms with E-state index < -0.39 is 48.4 Å². The lowest BCUT2D eigenvalue weighted by Gasteiger charge is -2.31. The number of fused-ring (bicyclic) bond motifs is 4. The monoisotopic (exact) mass is 1050 g/mol. The van der Waals surface area contributed by atoms with E-state index in [0.29, 0.717) is 60.1 Å². The van der Waals surface area contributed by atoms with E-state index in [0.717, 1.165) is 23.0 Å². The van der Waals surface area contributed by atoms with Crippen molar-refractivity contribution in [3.8, 4) is 28.2 Å². The topological polar surface area (TPSA) is 269 Å². The van der Waals surface area contributed by atoms with E-state index in [2.05, 4.69) is 10.2 Å². The van der Waals surface area contributed by atoms with Crippen LogP contribution in [-0.2, 0) is 42.4 Å². The van der Waals surface area contributed by atoms with Crippen molar-refractivity contribution in [2.24, 2.45) is 0 Å². The van der Waals surface area contributed by atoms with Gasteiger partial charge in [-0.15, -0.1) is 0 Å². The molecule has 1 amide bonds. The van der Waals surface area contributed by atoms with Crippen molar-refractivity contribution < 1.29 is 60.1 Å². The number of phenolic OH excluding ortho intramolecular Hbond substituents is 1. The number of hydrogen-bond donors (Lipinski definition) is 6. The molecule has 386 valence electrons. The highest BCUT2D eigenvalue weighted by Gasteiger charge is 2.44. The Balaban J connectivity index is 0.983. The van der Waals surface area contributed by atoms with Crippen LogP contribution >= 0.6 is 0 Å². The molecule has 8 rings (SSSR count). The predicted octanol–water partition coefficient (Wildman–Crippen LogP) is 9.32. The summed E-state index contributed by atoms with van der Waals surface area (Å²) in [5, 5.41) is 34.0. The van der Waals surface area contributed by atoms with Gasteiger partial charge in [0.1, 0.15) is 22.0 Å². The number of para-hydroxylation sites is 1. The van der Waals surface area contributed by atoms with Crippen LogP contribution < -0.4 is 20.5 Å². The third-order valence-electron chi connectivity index (χ3n) is 14.1. The summed E-state index contributed by atoms with van der Waals surface area (Å²) in [5.74, 6) is -3.26. The van der Waals surface area contributed by atoms with E-state index in [9.17, 15) is 60.4 Å². The molecule has 1 unspecified atom stereocenters. The van der Waals surface area contributed by atoms with E-state index in [4.69, 9.17) is 4.42 Å². The summed E-state index contributed by atoms with van der Waals surface area (Å²) in [6.45, 7) is 10.7. The zero-order valence-electron chi connectivity index (χ0n) is 41.1. The smallest absolute Gasteiger partial charge is 0.336 e. The minimum atomic E-state index is -4.64. The second kappa shape index (κ2) is 20.0. The number of aromatic carboxylic acids is 2. The number of unbranched alkanes of at least 4 members (excludes halogenated alkanes) is 2. The average Bonchev–Trinajstić information content (AvgIpc) is 3.69. The highest BCUT2D eigenvalue weighted by Crippen LogP contribution is 2.51. The molecule has 3 aliphatic heterocycles. The molecular formula is C55H55N3O14S2. The molecule has 3 heterocycles. The highest BCUT2D eigenvalue weighted by atomic mass is 32.2. The molecule has 0 aromatic heterocycles. The van der Waals surface area contributed by atoms with E-state index in [-0.39, 0.29) is 74.1 Å². The number of carbonyl (C=O) groups is 3. The van der Waals surface area contributed by atoms with Crippen molar-refractivity contribution >= 4 is 60.4 Å². The van der Waals surface area contributed by atoms with Crippen LogP contribution in [0.5, 0.6) is 5.75 Å². The lowest BCUT2D eigenvalue weighted by atomic mass is 9.80. The number of likely N-dealkylation sites (N-methyl/N-ethyl adjacent to an activating group) is 1. The van der Waals surface area contributed by atoms with Crippen LogP contribution in [0.2, 0.25) is 0 Å². The molecule has 74 heavy (non-hydrogen) atoms. The number of allylic oxidation sites excluding steroid dienone is 5. The number of nitrogens with one attached hydrogen (secondary N) is 1. The fourth-order valence-corrected chi connectivity index (χ4v) is 11.6. The molecule has 0 saturated carbocycles. The molecule has 0 radical (unpaired) electrons. The van der Waals surface area contributed by atoms with Crippen LogP contribution in [0.4, 0.5) is 11.4 Å². The van der Waals surface area contributed by atoms with Gasteiger partial charge in [-0.25, -0.2) is 9.59 Å². The number of hydrogen-bond acceptors (Lipinski definition) is 12. The normalized spacial score (nSPS) is 16.7. The molecule has 0 spiro atoms. The first kappa shape index (κ1) is 52.7. The number of carbonyl (C=O) groups excluding carboxylic acids is 1. The fraction of sp³-hybridized carbons (Fsp3) is 0.273. The zero-order chi connectivity index (χ0) is 53.7. The van der Waals surface area contributed by atoms with E-state index in [1.165, 1.54) is 60.7 Å². The zero-order valence-corrected chi connectivity index (χ0v) is 42.8. The van der Waals surface area contributed by atoms with Crippen LogP contribution in [0.3, 0.4) is 0 Å². The summed E-state index contributed by atoms with van der Waals surface area (Å²) in [6.07, 6.45) is 11.1. The van der Waals surface area contributed by atoms with Crippen molar-refractivity contribution in [1.29, 1.82) is 0 Å². The lowest BCUT2D eigenvalue weighted by Crippen LogP contribution is -2.39. The molecular weight excluding hydrogens is 991 g/mol. The predicted molar refractivity (Wildman–Crippen MR) is 280 cm³/mol. The van der Waals surface area contributed by atoms with Crippen LogP contribution in [0.25, 0.3) is 33.4 Å². The van der Waals surface area contributed by atoms with Crippen molar-refractivity contribution in [2.45, 2.75) is 93.5 Å². The van der Waals surface area contributed by atoms with Crippen molar-refractivity contribution in [2.75, 3.05) is 22.9 Å². The molecule has 0 bridgehead atoms. The van der Waals surface area contributed by atoms with Crippen LogP contribution in [0.15, 0.2) is 140 Å². The van der Waals surface area contributed by atoms with Gasteiger partial charge in [-0.2, -0.15) is 16.8 Å². The van der Waals surface area contributed by atoms with Crippen molar-refractivity contribution in [3.63, 3.8) is 0 Å². The molecule has 4 aliphatic rings. The van der Waals surface area contributed by atoms with Gasteiger partial charge in [0.15, 0.2) is 5.43 Å². The number of anilines is 2.